The summed E-state index contributed by atoms with van der Waals surface area (Å²) in [7, 11) is 1.30. The quantitative estimate of drug-likeness (QED) is 0.456. The largest absolute Gasteiger partial charge is 0.465 e. The maximum atomic E-state index is 12.5. The molecule has 0 amide bonds. The number of hydrogen-bond donors (Lipinski definition) is 0. The summed E-state index contributed by atoms with van der Waals surface area (Å²) in [6, 6.07) is 11.7. The number of ketones is 1. The predicted octanol–water partition coefficient (Wildman–Crippen LogP) is 3.55. The van der Waals surface area contributed by atoms with E-state index in [1.54, 1.807) is 41.0 Å². The lowest BCUT2D eigenvalue weighted by Gasteiger charge is -2.31. The molecule has 7 nitrogen and oxygen atoms in total. The number of piperidine rings is 1. The summed E-state index contributed by atoms with van der Waals surface area (Å²) < 4.78 is 11.7. The molecule has 0 bridgehead atoms. The molecule has 3 aromatic rings. The number of rotatable bonds is 5. The first kappa shape index (κ1) is 20.4. The van der Waals surface area contributed by atoms with Crippen molar-refractivity contribution in [2.45, 2.75) is 18.9 Å². The third kappa shape index (κ3) is 4.04. The maximum Gasteiger partial charge on any atom is 0.420 e. The molecule has 1 fully saturated rings. The normalized spacial score (nSPS) is 15.4. The molecular weight excluding hydrogens is 408 g/mol. The summed E-state index contributed by atoms with van der Waals surface area (Å²) in [5, 5.41) is 0.601. The Kier molecular flexibility index (Phi) is 5.74. The summed E-state index contributed by atoms with van der Waals surface area (Å²) in [6.07, 6.45) is 1.45. The number of halogens is 1. The first-order chi connectivity index (χ1) is 14.5. The van der Waals surface area contributed by atoms with Crippen LogP contribution in [0.2, 0.25) is 5.02 Å². The maximum absolute atomic E-state index is 12.5. The number of ether oxygens (including phenoxy) is 1. The van der Waals surface area contributed by atoms with Gasteiger partial charge in [-0.25, -0.2) is 9.59 Å². The number of carbonyl (C=O) groups is 2. The van der Waals surface area contributed by atoms with Gasteiger partial charge in [0.1, 0.15) is 0 Å². The topological polar surface area (TPSA) is 81.8 Å². The molecule has 1 saturated heterocycles. The minimum atomic E-state index is -0.481. The van der Waals surface area contributed by atoms with Gasteiger partial charge in [0.15, 0.2) is 11.4 Å². The van der Waals surface area contributed by atoms with Crippen LogP contribution in [0.25, 0.3) is 11.1 Å². The molecule has 0 spiro atoms. The van der Waals surface area contributed by atoms with Crippen LogP contribution in [0.3, 0.4) is 0 Å². The number of carbonyl (C=O) groups excluding carboxylic acids is 2. The smallest absolute Gasteiger partial charge is 0.420 e. The van der Waals surface area contributed by atoms with Gasteiger partial charge in [0.05, 0.1) is 24.7 Å². The van der Waals surface area contributed by atoms with Gasteiger partial charge in [-0.15, -0.1) is 0 Å². The Hall–Kier alpha value is -2.90. The second-order valence-corrected chi connectivity index (χ2v) is 7.79. The van der Waals surface area contributed by atoms with Crippen LogP contribution < -0.4 is 5.76 Å². The summed E-state index contributed by atoms with van der Waals surface area (Å²) in [4.78, 5) is 38.7. The zero-order valence-electron chi connectivity index (χ0n) is 16.5. The second kappa shape index (κ2) is 8.45. The third-order valence-corrected chi connectivity index (χ3v) is 5.74. The van der Waals surface area contributed by atoms with Crippen LogP contribution in [0.5, 0.6) is 0 Å². The molecule has 8 heteroatoms. The highest BCUT2D eigenvalue weighted by atomic mass is 35.5. The van der Waals surface area contributed by atoms with Gasteiger partial charge in [0, 0.05) is 29.7 Å². The third-order valence-electron chi connectivity index (χ3n) is 5.49. The van der Waals surface area contributed by atoms with Gasteiger partial charge in [0.2, 0.25) is 0 Å². The first-order valence-corrected chi connectivity index (χ1v) is 10.1. The van der Waals surface area contributed by atoms with E-state index in [0.29, 0.717) is 46.9 Å². The zero-order chi connectivity index (χ0) is 21.3. The molecule has 30 heavy (non-hydrogen) atoms. The summed E-state index contributed by atoms with van der Waals surface area (Å²) in [5.74, 6) is -0.875. The van der Waals surface area contributed by atoms with E-state index in [1.807, 2.05) is 0 Å². The van der Waals surface area contributed by atoms with Gasteiger partial charge < -0.3 is 9.15 Å². The van der Waals surface area contributed by atoms with Gasteiger partial charge in [-0.1, -0.05) is 11.6 Å². The Morgan fingerprint density at radius 2 is 1.77 bits per heavy atom. The molecule has 0 saturated carbocycles. The Morgan fingerprint density at radius 3 is 2.43 bits per heavy atom. The molecule has 0 aliphatic carbocycles. The van der Waals surface area contributed by atoms with E-state index in [0.717, 1.165) is 12.8 Å². The lowest BCUT2D eigenvalue weighted by atomic mass is 10.0. The van der Waals surface area contributed by atoms with Crippen LogP contribution in [-0.2, 0) is 4.74 Å². The monoisotopic (exact) mass is 428 g/mol. The molecule has 0 unspecified atom stereocenters. The van der Waals surface area contributed by atoms with E-state index in [1.165, 1.54) is 13.2 Å². The van der Waals surface area contributed by atoms with E-state index in [9.17, 15) is 14.4 Å². The molecule has 0 radical (unpaired) electrons. The highest BCUT2D eigenvalue weighted by Gasteiger charge is 2.26. The number of fused-ring (bicyclic) bond motifs is 1. The van der Waals surface area contributed by atoms with E-state index in [4.69, 9.17) is 20.8 Å². The Balaban J connectivity index is 1.45. The number of methoxy groups -OCH3 is 1. The standard InChI is InChI=1S/C22H21ClN2O5/c1-29-21(27)15-4-7-18-20(12-15)30-22(28)25(18)17-8-10-24(11-9-17)13-19(26)14-2-5-16(23)6-3-14/h2-7,12,17H,8-11,13H2,1H3. The number of likely N-dealkylation sites (tertiary alicyclic amines) is 1. The van der Waals surface area contributed by atoms with Crippen LogP contribution in [0.4, 0.5) is 0 Å². The summed E-state index contributed by atoms with van der Waals surface area (Å²) in [6.45, 7) is 1.73. The Morgan fingerprint density at radius 1 is 1.10 bits per heavy atom. The molecule has 1 aliphatic rings. The Bertz CT molecular complexity index is 1140. The molecule has 1 aliphatic heterocycles. The van der Waals surface area contributed by atoms with Crippen molar-refractivity contribution < 1.29 is 18.7 Å². The first-order valence-electron chi connectivity index (χ1n) is 9.71. The van der Waals surface area contributed by atoms with Gasteiger partial charge in [-0.3, -0.25) is 14.3 Å². The van der Waals surface area contributed by atoms with Crippen molar-refractivity contribution in [2.24, 2.45) is 0 Å². The van der Waals surface area contributed by atoms with E-state index >= 15 is 0 Å². The summed E-state index contributed by atoms with van der Waals surface area (Å²) >= 11 is 5.88. The predicted molar refractivity (Wildman–Crippen MR) is 112 cm³/mol. The van der Waals surface area contributed by atoms with Gasteiger partial charge in [0.25, 0.3) is 0 Å². The van der Waals surface area contributed by atoms with Gasteiger partial charge in [-0.05, 0) is 55.3 Å². The fourth-order valence-electron chi connectivity index (χ4n) is 3.89. The average molecular weight is 429 g/mol. The molecule has 0 N–H and O–H groups in total. The molecular formula is C22H21ClN2O5. The minimum absolute atomic E-state index is 0.0235. The number of Topliss-reactive ketones (excluding diaryl/α,β-unsaturated/α-hetero) is 1. The van der Waals surface area contributed by atoms with Crippen LogP contribution in [0.1, 0.15) is 39.6 Å². The SMILES string of the molecule is COC(=O)c1ccc2c(c1)oc(=O)n2C1CCN(CC(=O)c2ccc(Cl)cc2)CC1. The van der Waals surface area contributed by atoms with Crippen molar-refractivity contribution in [3.8, 4) is 0 Å². The van der Waals surface area contributed by atoms with E-state index < -0.39 is 11.7 Å². The lowest BCUT2D eigenvalue weighted by Crippen LogP contribution is -2.39. The molecule has 2 aromatic carbocycles. The number of nitrogens with zero attached hydrogens (tertiary/aromatic N) is 2. The minimum Gasteiger partial charge on any atom is -0.465 e. The zero-order valence-corrected chi connectivity index (χ0v) is 17.2. The average Bonchev–Trinajstić information content (AvgIpc) is 3.09. The van der Waals surface area contributed by atoms with Crippen LogP contribution >= 0.6 is 11.6 Å². The van der Waals surface area contributed by atoms with Crippen molar-refractivity contribution in [2.75, 3.05) is 26.7 Å². The highest BCUT2D eigenvalue weighted by Crippen LogP contribution is 2.26. The van der Waals surface area contributed by atoms with Crippen LogP contribution in [-0.4, -0.2) is 48.0 Å². The van der Waals surface area contributed by atoms with Gasteiger partial charge >= 0.3 is 11.7 Å². The highest BCUT2D eigenvalue weighted by molar-refractivity contribution is 6.30. The number of oxazole rings is 1. The number of aromatic nitrogens is 1. The molecule has 2 heterocycles. The van der Waals surface area contributed by atoms with Crippen LogP contribution in [0, 0.1) is 0 Å². The fourth-order valence-corrected chi connectivity index (χ4v) is 4.02. The Labute approximate surface area is 177 Å². The lowest BCUT2D eigenvalue weighted by molar-refractivity contribution is 0.0600. The van der Waals surface area contributed by atoms with Crippen molar-refractivity contribution in [3.05, 3.63) is 69.2 Å². The number of hydrogen-bond acceptors (Lipinski definition) is 6. The van der Waals surface area contributed by atoms with Crippen molar-refractivity contribution in [1.82, 2.24) is 9.47 Å². The molecule has 4 rings (SSSR count). The van der Waals surface area contributed by atoms with Gasteiger partial charge in [-0.2, -0.15) is 0 Å². The number of benzene rings is 2. The fraction of sp³-hybridized carbons (Fsp3) is 0.318. The van der Waals surface area contributed by atoms with Crippen molar-refractivity contribution in [3.63, 3.8) is 0 Å². The molecule has 156 valence electrons. The summed E-state index contributed by atoms with van der Waals surface area (Å²) in [5.41, 5.74) is 1.99. The molecule has 1 aromatic heterocycles. The van der Waals surface area contributed by atoms with E-state index in [2.05, 4.69) is 4.90 Å². The van der Waals surface area contributed by atoms with Crippen molar-refractivity contribution in [1.29, 1.82) is 0 Å². The van der Waals surface area contributed by atoms with Crippen molar-refractivity contribution >= 4 is 34.5 Å². The molecule has 0 atom stereocenters. The van der Waals surface area contributed by atoms with E-state index in [-0.39, 0.29) is 11.8 Å². The van der Waals surface area contributed by atoms with Crippen LogP contribution in [0.15, 0.2) is 51.7 Å². The number of esters is 1. The second-order valence-electron chi connectivity index (χ2n) is 7.35.